The minimum atomic E-state index is -1.92. The Morgan fingerprint density at radius 2 is 0.455 bits per heavy atom. The van der Waals surface area contributed by atoms with Crippen molar-refractivity contribution in [3.63, 3.8) is 0 Å². The smallest absolute Gasteiger partial charge is 0.161 e. The lowest BCUT2D eigenvalue weighted by molar-refractivity contribution is 0.122. The molecule has 0 heterocycles. The van der Waals surface area contributed by atoms with Crippen molar-refractivity contribution in [2.24, 2.45) is 0 Å². The van der Waals surface area contributed by atoms with Gasteiger partial charge in [-0.1, -0.05) is 339 Å². The number of aryl methyl sites for hydroxylation is 2. The molecule has 0 aliphatic heterocycles. The molecule has 0 saturated heterocycles. The van der Waals surface area contributed by atoms with Crippen LogP contribution < -0.4 is 37.9 Å². The van der Waals surface area contributed by atoms with Crippen molar-refractivity contribution in [2.75, 3.05) is 28.4 Å². The van der Waals surface area contributed by atoms with Gasteiger partial charge in [-0.05, 0) is 309 Å². The summed E-state index contributed by atoms with van der Waals surface area (Å²) in [7, 11) is 6.53. The van der Waals surface area contributed by atoms with Crippen LogP contribution in [0.2, 0.25) is 0 Å². The van der Waals surface area contributed by atoms with Crippen molar-refractivity contribution in [1.82, 2.24) is 0 Å². The first-order valence-electron chi connectivity index (χ1n) is 48.1. The highest BCUT2D eigenvalue weighted by atomic mass is 16.5. The van der Waals surface area contributed by atoms with Gasteiger partial charge in [-0.3, -0.25) is 0 Å². The molecule has 0 fully saturated rings. The van der Waals surface area contributed by atoms with E-state index in [0.717, 1.165) is 101 Å². The van der Waals surface area contributed by atoms with E-state index in [1.807, 2.05) is 97.9 Å². The molecule has 143 heavy (non-hydrogen) atoms. The summed E-state index contributed by atoms with van der Waals surface area (Å²) in [4.78, 5) is 0. The second-order valence-electron chi connectivity index (χ2n) is 36.6. The predicted octanol–water partition coefficient (Wildman–Crippen LogP) is 30.6. The van der Waals surface area contributed by atoms with Crippen LogP contribution in [0.5, 0.6) is 69.0 Å². The fourth-order valence-corrected chi connectivity index (χ4v) is 21.8. The van der Waals surface area contributed by atoms with Crippen LogP contribution >= 0.6 is 0 Å². The van der Waals surface area contributed by atoms with Crippen molar-refractivity contribution in [3.05, 3.63) is 573 Å². The number of hydrogen-bond acceptors (Lipinski definition) is 11. The fourth-order valence-electron chi connectivity index (χ4n) is 21.8. The number of aliphatic hydroxyl groups excluding tert-OH is 2. The van der Waals surface area contributed by atoms with Gasteiger partial charge in [0.2, 0.25) is 0 Å². The molecule has 20 aromatic carbocycles. The van der Waals surface area contributed by atoms with Gasteiger partial charge in [0.15, 0.2) is 11.5 Å². The Morgan fingerprint density at radius 3 is 0.748 bits per heavy atom. The first-order valence-corrected chi connectivity index (χ1v) is 48.1. The monoisotopic (exact) mass is 1860 g/mol. The number of aliphatic hydroxyl groups is 3. The number of ether oxygens (including phenoxy) is 8. The zero-order valence-electron chi connectivity index (χ0n) is 80.0. The third-order valence-corrected chi connectivity index (χ3v) is 28.8. The van der Waals surface area contributed by atoms with E-state index in [1.165, 1.54) is 77.9 Å². The molecule has 1 unspecified atom stereocenters. The van der Waals surface area contributed by atoms with E-state index in [4.69, 9.17) is 37.9 Å². The maximum atomic E-state index is 13.9. The molecule has 3 aliphatic carbocycles. The van der Waals surface area contributed by atoms with Crippen LogP contribution in [0.15, 0.2) is 467 Å². The lowest BCUT2D eigenvalue weighted by Crippen LogP contribution is -2.30. The number of rotatable bonds is 26. The molecule has 0 radical (unpaired) electrons. The lowest BCUT2D eigenvalue weighted by atomic mass is 9.68. The standard InChI is InChI=1S/C93H72O9.C39H30O2/c1-60-21-23-63(24-22-60)64-30-53-88(87(56-64)93(96,71-31-25-65(58-94)66(55-71)59-95)72-40-54-89(98-3)90(57-72)99-4)102-78-51-38-70(39-52-78)92(85-19-11-7-15-81(85)82-16-8-12-20-86(82)92)69-36-49-77(50-37-69)101-75-43-28-62(29-44-75)61-26-41-74(42-27-61)100-76-47-34-68(35-48-76)91(67-32-45-73(97-2)46-33-67)83-17-9-5-13-79(83)80-14-6-10-18-84(80)91;1-27-11-13-28(14-12-27)29-15-21-33(22-16-29)41-34-25-19-31(20-26-34)39(30-17-23-32(40-2)24-18-30)37-9-5-3-7-35(37)36-8-4-6-10-38(36)39/h5-57,94-96H,58-59H2,1-4H3;3-26H,1-2H3. The summed E-state index contributed by atoms with van der Waals surface area (Å²) in [5.41, 5.74) is 28.8. The summed E-state index contributed by atoms with van der Waals surface area (Å²) < 4.78 is 49.1. The molecule has 0 spiro atoms. The fraction of sp³-hybridized carbons (Fsp3) is 0.0909. The summed E-state index contributed by atoms with van der Waals surface area (Å²) in [5.74, 6) is 8.00. The summed E-state index contributed by atoms with van der Waals surface area (Å²) >= 11 is 0. The van der Waals surface area contributed by atoms with E-state index in [-0.39, 0.29) is 13.2 Å². The molecule has 23 rings (SSSR count). The average molecular weight is 1860 g/mol. The van der Waals surface area contributed by atoms with Crippen LogP contribution in [-0.4, -0.2) is 43.8 Å². The molecular weight excluding hydrogens is 1760 g/mol. The number of methoxy groups -OCH3 is 4. The van der Waals surface area contributed by atoms with Crippen LogP contribution in [-0.2, 0) is 35.1 Å². The van der Waals surface area contributed by atoms with Gasteiger partial charge in [0.1, 0.15) is 63.1 Å². The van der Waals surface area contributed by atoms with Crippen molar-refractivity contribution >= 4 is 0 Å². The Hall–Kier alpha value is -17.3. The summed E-state index contributed by atoms with van der Waals surface area (Å²) in [6, 6.07) is 161. The van der Waals surface area contributed by atoms with Gasteiger partial charge < -0.3 is 53.2 Å². The van der Waals surface area contributed by atoms with Gasteiger partial charge in [-0.2, -0.15) is 0 Å². The highest BCUT2D eigenvalue weighted by molar-refractivity contribution is 5.90. The zero-order chi connectivity index (χ0) is 97.3. The molecule has 1 atom stereocenters. The minimum absolute atomic E-state index is 0.288. The first kappa shape index (κ1) is 90.8. The molecule has 0 bridgehead atoms. The maximum Gasteiger partial charge on any atom is 0.161 e. The summed E-state index contributed by atoms with van der Waals surface area (Å²) in [5, 5.41) is 34.8. The molecule has 11 nitrogen and oxygen atoms in total. The number of hydrogen-bond donors (Lipinski definition) is 3. The third kappa shape index (κ3) is 16.3. The summed E-state index contributed by atoms with van der Waals surface area (Å²) in [6.45, 7) is 3.51. The van der Waals surface area contributed by atoms with Crippen molar-refractivity contribution in [1.29, 1.82) is 0 Å². The first-order chi connectivity index (χ1) is 70.2. The molecule has 3 N–H and O–H groups in total. The maximum absolute atomic E-state index is 13.9. The zero-order valence-corrected chi connectivity index (χ0v) is 80.0. The van der Waals surface area contributed by atoms with Crippen molar-refractivity contribution in [3.8, 4) is 136 Å². The van der Waals surface area contributed by atoms with Gasteiger partial charge in [0, 0.05) is 5.56 Å². The van der Waals surface area contributed by atoms with Crippen molar-refractivity contribution in [2.45, 2.75) is 48.9 Å². The Bertz CT molecular complexity index is 7850. The molecule has 3 aliphatic rings. The van der Waals surface area contributed by atoms with Gasteiger partial charge in [-0.15, -0.1) is 0 Å². The predicted molar refractivity (Wildman–Crippen MR) is 570 cm³/mol. The highest BCUT2D eigenvalue weighted by Gasteiger charge is 2.50. The van der Waals surface area contributed by atoms with E-state index in [1.54, 1.807) is 64.8 Å². The molecule has 696 valence electrons. The lowest BCUT2D eigenvalue weighted by Gasteiger charge is -2.34. The Morgan fingerprint density at radius 1 is 0.210 bits per heavy atom. The van der Waals surface area contributed by atoms with E-state index in [2.05, 4.69) is 347 Å². The second-order valence-corrected chi connectivity index (χ2v) is 36.6. The number of benzene rings is 20. The van der Waals surface area contributed by atoms with Crippen LogP contribution in [0.1, 0.15) is 106 Å². The van der Waals surface area contributed by atoms with Gasteiger partial charge in [0.05, 0.1) is 57.9 Å². The molecule has 0 saturated carbocycles. The third-order valence-electron chi connectivity index (χ3n) is 28.8. The van der Waals surface area contributed by atoms with Crippen LogP contribution in [0.4, 0.5) is 0 Å². The van der Waals surface area contributed by atoms with Crippen molar-refractivity contribution < 1.29 is 53.2 Å². The average Bonchev–Trinajstić information content (AvgIpc) is 1.55. The molecule has 0 aromatic heterocycles. The topological polar surface area (TPSA) is 135 Å². The summed E-state index contributed by atoms with van der Waals surface area (Å²) in [6.07, 6.45) is 0. The number of fused-ring (bicyclic) bond motifs is 9. The van der Waals surface area contributed by atoms with E-state index in [0.29, 0.717) is 62.3 Å². The van der Waals surface area contributed by atoms with Crippen LogP contribution in [0.25, 0.3) is 66.8 Å². The molecule has 11 heteroatoms. The van der Waals surface area contributed by atoms with E-state index in [9.17, 15) is 15.3 Å². The highest BCUT2D eigenvalue weighted by Crippen LogP contribution is 2.61. The molecular formula is C132H102O11. The largest absolute Gasteiger partial charge is 0.497 e. The molecule has 20 aromatic rings. The van der Waals surface area contributed by atoms with Gasteiger partial charge in [0.25, 0.3) is 0 Å². The van der Waals surface area contributed by atoms with Crippen LogP contribution in [0.3, 0.4) is 0 Å². The quantitative estimate of drug-likeness (QED) is 0.0447. The van der Waals surface area contributed by atoms with Gasteiger partial charge >= 0.3 is 0 Å². The Kier molecular flexibility index (Phi) is 24.4. The normalized spacial score (nSPS) is 13.2. The second kappa shape index (κ2) is 38.5. The van der Waals surface area contributed by atoms with E-state index < -0.39 is 21.8 Å². The van der Waals surface area contributed by atoms with Gasteiger partial charge in [-0.25, -0.2) is 0 Å². The van der Waals surface area contributed by atoms with E-state index >= 15 is 0 Å². The SMILES string of the molecule is COc1ccc(C2(c3ccc(Oc4ccc(-c5ccc(C)cc5)cc4)cc3)c3ccccc3-c3ccccc32)cc1.COc1ccc(C2(c3ccc(Oc4ccc(-c5ccc(Oc6ccc(C7(c8ccc(Oc9ccc(-c%10ccc(C)cc%10)cc9C(O)(c9ccc(CO)c(CO)c9)c9ccc(OC)c(OC)c9)cc8)c8ccccc8-c8ccccc87)cc6)cc5)cc4)cc3)c3ccccc3-c3ccccc32)cc1. The Balaban J connectivity index is 0.000000236. The minimum Gasteiger partial charge on any atom is -0.497 e. The molecule has 0 amide bonds. The Labute approximate surface area is 833 Å². The van der Waals surface area contributed by atoms with Crippen LogP contribution in [0, 0.1) is 13.8 Å².